The molecule has 1 aliphatic carbocycles. The number of rotatable bonds is 5. The van der Waals surface area contributed by atoms with Crippen LogP contribution in [0.3, 0.4) is 0 Å². The van der Waals surface area contributed by atoms with Crippen LogP contribution in [0.5, 0.6) is 0 Å². The minimum atomic E-state index is -0.396. The first-order chi connectivity index (χ1) is 15.4. The van der Waals surface area contributed by atoms with Crippen molar-refractivity contribution < 1.29 is 9.59 Å². The van der Waals surface area contributed by atoms with E-state index in [0.29, 0.717) is 41.7 Å². The second-order valence-corrected chi connectivity index (χ2v) is 8.36. The molecule has 0 saturated heterocycles. The quantitative estimate of drug-likeness (QED) is 0.573. The van der Waals surface area contributed by atoms with Crippen molar-refractivity contribution in [1.82, 2.24) is 9.55 Å². The highest BCUT2D eigenvalue weighted by Crippen LogP contribution is 2.30. The van der Waals surface area contributed by atoms with Crippen LogP contribution in [0.1, 0.15) is 32.6 Å². The first-order valence-corrected chi connectivity index (χ1v) is 10.8. The molecule has 2 amide bonds. The van der Waals surface area contributed by atoms with E-state index in [-0.39, 0.29) is 29.2 Å². The Hall–Kier alpha value is -3.68. The minimum absolute atomic E-state index is 0.0517. The summed E-state index contributed by atoms with van der Waals surface area (Å²) in [5, 5.41) is 6.13. The number of nitrogens with one attached hydrogen (secondary N) is 3. The maximum absolute atomic E-state index is 12.7. The Balaban J connectivity index is 1.37. The lowest BCUT2D eigenvalue weighted by Crippen LogP contribution is -2.38. The van der Waals surface area contributed by atoms with Gasteiger partial charge < -0.3 is 15.6 Å². The molecule has 1 fully saturated rings. The summed E-state index contributed by atoms with van der Waals surface area (Å²) in [6, 6.07) is 14.0. The second kappa shape index (κ2) is 9.21. The van der Waals surface area contributed by atoms with Crippen LogP contribution in [0.2, 0.25) is 0 Å². The molecular weight excluding hydrogens is 408 g/mol. The van der Waals surface area contributed by atoms with Gasteiger partial charge in [-0.1, -0.05) is 18.2 Å². The normalized spacial score (nSPS) is 18.3. The third-order valence-electron chi connectivity index (χ3n) is 6.00. The molecule has 0 atom stereocenters. The van der Waals surface area contributed by atoms with Crippen molar-refractivity contribution in [2.24, 2.45) is 11.8 Å². The van der Waals surface area contributed by atoms with Gasteiger partial charge in [0.05, 0.1) is 10.9 Å². The number of fused-ring (bicyclic) bond motifs is 1. The van der Waals surface area contributed by atoms with Gasteiger partial charge in [0, 0.05) is 30.8 Å². The van der Waals surface area contributed by atoms with E-state index in [1.165, 1.54) is 11.5 Å². The van der Waals surface area contributed by atoms with Crippen molar-refractivity contribution in [3.63, 3.8) is 0 Å². The van der Waals surface area contributed by atoms with Gasteiger partial charge in [0.15, 0.2) is 0 Å². The molecule has 0 spiro atoms. The van der Waals surface area contributed by atoms with E-state index >= 15 is 0 Å². The molecule has 1 heterocycles. The molecule has 8 nitrogen and oxygen atoms in total. The molecule has 32 heavy (non-hydrogen) atoms. The van der Waals surface area contributed by atoms with Crippen LogP contribution in [0, 0.1) is 11.8 Å². The highest BCUT2D eigenvalue weighted by atomic mass is 16.2. The van der Waals surface area contributed by atoms with Crippen LogP contribution in [0.15, 0.2) is 58.1 Å². The number of aromatic amines is 1. The third-order valence-corrected chi connectivity index (χ3v) is 6.00. The van der Waals surface area contributed by atoms with Gasteiger partial charge in [-0.2, -0.15) is 0 Å². The fourth-order valence-corrected chi connectivity index (χ4v) is 4.35. The average Bonchev–Trinajstić information content (AvgIpc) is 2.77. The third kappa shape index (κ3) is 4.80. The molecule has 1 aromatic heterocycles. The number of hydrogen-bond donors (Lipinski definition) is 3. The van der Waals surface area contributed by atoms with Gasteiger partial charge in [0.25, 0.3) is 5.56 Å². The van der Waals surface area contributed by atoms with Crippen LogP contribution >= 0.6 is 0 Å². The van der Waals surface area contributed by atoms with E-state index in [1.807, 2.05) is 0 Å². The number of aromatic nitrogens is 2. The van der Waals surface area contributed by atoms with E-state index in [1.54, 1.807) is 48.5 Å². The molecule has 8 heteroatoms. The average molecular weight is 434 g/mol. The number of para-hydroxylation sites is 1. The van der Waals surface area contributed by atoms with Crippen LogP contribution in [0.4, 0.5) is 11.4 Å². The number of nitrogens with zero attached hydrogens (tertiary/aromatic N) is 1. The van der Waals surface area contributed by atoms with Gasteiger partial charge in [-0.05, 0) is 61.9 Å². The Morgan fingerprint density at radius 2 is 1.66 bits per heavy atom. The van der Waals surface area contributed by atoms with E-state index in [9.17, 15) is 19.2 Å². The first-order valence-electron chi connectivity index (χ1n) is 10.8. The maximum atomic E-state index is 12.7. The number of carbonyl (C=O) groups excluding carboxylic acids is 2. The van der Waals surface area contributed by atoms with Gasteiger partial charge in [0.2, 0.25) is 11.8 Å². The molecule has 3 N–H and O–H groups in total. The summed E-state index contributed by atoms with van der Waals surface area (Å²) >= 11 is 0. The van der Waals surface area contributed by atoms with Crippen molar-refractivity contribution in [1.29, 1.82) is 0 Å². The highest BCUT2D eigenvalue weighted by Gasteiger charge is 2.27. The Morgan fingerprint density at radius 1 is 0.969 bits per heavy atom. The van der Waals surface area contributed by atoms with Crippen LogP contribution < -0.4 is 21.9 Å². The molecule has 166 valence electrons. The van der Waals surface area contributed by atoms with Crippen molar-refractivity contribution in [2.45, 2.75) is 39.2 Å². The zero-order valence-corrected chi connectivity index (χ0v) is 17.9. The summed E-state index contributed by atoms with van der Waals surface area (Å²) in [6.45, 7) is 1.79. The predicted octanol–water partition coefficient (Wildman–Crippen LogP) is 3.09. The Labute approximate surface area is 184 Å². The van der Waals surface area contributed by atoms with Crippen molar-refractivity contribution in [2.75, 3.05) is 10.6 Å². The van der Waals surface area contributed by atoms with Gasteiger partial charge in [-0.15, -0.1) is 0 Å². The lowest BCUT2D eigenvalue weighted by molar-refractivity contribution is -0.121. The van der Waals surface area contributed by atoms with Crippen LogP contribution in [-0.2, 0) is 16.1 Å². The molecule has 0 aliphatic heterocycles. The molecule has 2 aromatic carbocycles. The predicted molar refractivity (Wildman–Crippen MR) is 124 cm³/mol. The molecule has 1 aliphatic rings. The zero-order valence-electron chi connectivity index (χ0n) is 17.9. The standard InChI is InChI=1S/C24H26N4O4/c1-15(29)25-18-5-4-6-19(13-18)26-22(30)17-11-9-16(10-12-17)14-28-23(31)20-7-2-3-8-21(20)27-24(28)32/h2-8,13,16-17H,9-12,14H2,1H3,(H,25,29)(H,26,30)(H,27,32). The molecule has 1 saturated carbocycles. The summed E-state index contributed by atoms with van der Waals surface area (Å²) in [4.78, 5) is 51.9. The molecule has 0 unspecified atom stereocenters. The number of benzene rings is 2. The Morgan fingerprint density at radius 3 is 2.38 bits per heavy atom. The van der Waals surface area contributed by atoms with Crippen molar-refractivity contribution in [3.8, 4) is 0 Å². The number of H-pyrrole nitrogens is 1. The van der Waals surface area contributed by atoms with Crippen molar-refractivity contribution >= 4 is 34.1 Å². The Kier molecular flexibility index (Phi) is 6.20. The monoisotopic (exact) mass is 434 g/mol. The molecule has 3 aromatic rings. The van der Waals surface area contributed by atoms with E-state index in [0.717, 1.165) is 12.8 Å². The molecular formula is C24H26N4O4. The smallest absolute Gasteiger partial charge is 0.326 e. The molecule has 0 radical (unpaired) electrons. The SMILES string of the molecule is CC(=O)Nc1cccc(NC(=O)C2CCC(Cn3c(=O)[nH]c4ccccc4c3=O)CC2)c1. The van der Waals surface area contributed by atoms with Gasteiger partial charge in [0.1, 0.15) is 0 Å². The fourth-order valence-electron chi connectivity index (χ4n) is 4.35. The second-order valence-electron chi connectivity index (χ2n) is 8.36. The zero-order chi connectivity index (χ0) is 22.7. The molecule has 4 rings (SSSR count). The Bertz CT molecular complexity index is 1270. The fraction of sp³-hybridized carbons (Fsp3) is 0.333. The highest BCUT2D eigenvalue weighted by molar-refractivity contribution is 5.94. The lowest BCUT2D eigenvalue weighted by Gasteiger charge is -2.28. The van der Waals surface area contributed by atoms with Crippen molar-refractivity contribution in [3.05, 3.63) is 69.4 Å². The molecule has 0 bridgehead atoms. The van der Waals surface area contributed by atoms with Gasteiger partial charge in [-0.3, -0.25) is 19.0 Å². The van der Waals surface area contributed by atoms with E-state index in [2.05, 4.69) is 15.6 Å². The number of carbonyl (C=O) groups is 2. The van der Waals surface area contributed by atoms with Crippen LogP contribution in [0.25, 0.3) is 10.9 Å². The summed E-state index contributed by atoms with van der Waals surface area (Å²) in [7, 11) is 0. The maximum Gasteiger partial charge on any atom is 0.328 e. The topological polar surface area (TPSA) is 113 Å². The van der Waals surface area contributed by atoms with E-state index in [4.69, 9.17) is 0 Å². The van der Waals surface area contributed by atoms with Gasteiger partial charge >= 0.3 is 5.69 Å². The summed E-state index contributed by atoms with van der Waals surface area (Å²) in [6.07, 6.45) is 2.93. The number of hydrogen-bond acceptors (Lipinski definition) is 4. The number of anilines is 2. The van der Waals surface area contributed by atoms with Crippen LogP contribution in [-0.4, -0.2) is 21.4 Å². The largest absolute Gasteiger partial charge is 0.328 e. The number of amides is 2. The lowest BCUT2D eigenvalue weighted by atomic mass is 9.81. The summed E-state index contributed by atoms with van der Waals surface area (Å²) in [5.41, 5.74) is 1.14. The van der Waals surface area contributed by atoms with E-state index < -0.39 is 5.69 Å². The minimum Gasteiger partial charge on any atom is -0.326 e. The summed E-state index contributed by atoms with van der Waals surface area (Å²) in [5.74, 6) is -0.176. The summed E-state index contributed by atoms with van der Waals surface area (Å²) < 4.78 is 1.28. The first kappa shape index (κ1) is 21.5. The van der Waals surface area contributed by atoms with Gasteiger partial charge in [-0.25, -0.2) is 4.79 Å².